The minimum Gasteiger partial charge on any atom is -0.301 e. The Labute approximate surface area is 130 Å². The Morgan fingerprint density at radius 1 is 1.32 bits per heavy atom. The summed E-state index contributed by atoms with van der Waals surface area (Å²) in [4.78, 5) is 12.4. The van der Waals surface area contributed by atoms with E-state index in [0.717, 1.165) is 32.0 Å². The topological polar surface area (TPSA) is 92.6 Å². The summed E-state index contributed by atoms with van der Waals surface area (Å²) in [6.07, 6.45) is 1.48. The third-order valence-corrected chi connectivity index (χ3v) is 5.44. The molecule has 2 rings (SSSR count). The molecule has 1 aromatic rings. The van der Waals surface area contributed by atoms with Crippen LogP contribution in [0.1, 0.15) is 26.7 Å². The van der Waals surface area contributed by atoms with Gasteiger partial charge in [0.15, 0.2) is 0 Å². The highest BCUT2D eigenvalue weighted by atomic mass is 32.2. The number of hydrogen-bond donors (Lipinski definition) is 1. The van der Waals surface area contributed by atoms with Crippen LogP contribution in [0.15, 0.2) is 29.2 Å². The molecule has 0 radical (unpaired) electrons. The van der Waals surface area contributed by atoms with Gasteiger partial charge in [0, 0.05) is 24.2 Å². The quantitative estimate of drug-likeness (QED) is 0.657. The van der Waals surface area contributed by atoms with E-state index in [4.69, 9.17) is 0 Å². The molecule has 0 amide bonds. The van der Waals surface area contributed by atoms with Crippen LogP contribution in [-0.4, -0.2) is 43.4 Å². The Kier molecular flexibility index (Phi) is 5.15. The summed E-state index contributed by atoms with van der Waals surface area (Å²) in [5.74, 6) is 0. The third-order valence-electron chi connectivity index (χ3n) is 3.92. The van der Waals surface area contributed by atoms with Crippen molar-refractivity contribution in [2.24, 2.45) is 0 Å². The van der Waals surface area contributed by atoms with E-state index >= 15 is 0 Å². The third kappa shape index (κ3) is 4.02. The molecule has 1 N–H and O–H groups in total. The standard InChI is InChI=1S/C14H21N3O4S/c1-11(2)16-8-6-12(7-9-16)15-22(20,21)14-5-3-4-13(10-14)17(18)19/h3-5,10-12,15H,6-9H2,1-2H3. The Morgan fingerprint density at radius 2 is 1.95 bits per heavy atom. The van der Waals surface area contributed by atoms with Crippen LogP contribution >= 0.6 is 0 Å². The molecule has 8 heteroatoms. The fourth-order valence-corrected chi connectivity index (χ4v) is 3.93. The van der Waals surface area contributed by atoms with Crippen LogP contribution in [0.2, 0.25) is 0 Å². The van der Waals surface area contributed by atoms with Gasteiger partial charge in [-0.25, -0.2) is 13.1 Å². The summed E-state index contributed by atoms with van der Waals surface area (Å²) in [5, 5.41) is 10.8. The molecular formula is C14H21N3O4S. The summed E-state index contributed by atoms with van der Waals surface area (Å²) in [6.45, 7) is 5.93. The largest absolute Gasteiger partial charge is 0.301 e. The number of hydrogen-bond acceptors (Lipinski definition) is 5. The molecule has 0 saturated carbocycles. The smallest absolute Gasteiger partial charge is 0.270 e. The van der Waals surface area contributed by atoms with Gasteiger partial charge in [-0.05, 0) is 45.8 Å². The number of nitro benzene ring substituents is 1. The lowest BCUT2D eigenvalue weighted by atomic mass is 10.1. The molecule has 1 saturated heterocycles. The minimum absolute atomic E-state index is 0.0620. The second-order valence-corrected chi connectivity index (χ2v) is 7.49. The molecule has 0 aliphatic carbocycles. The monoisotopic (exact) mass is 327 g/mol. The lowest BCUT2D eigenvalue weighted by Crippen LogP contribution is -2.46. The number of rotatable bonds is 5. The van der Waals surface area contributed by atoms with Crippen molar-refractivity contribution < 1.29 is 13.3 Å². The Balaban J connectivity index is 2.06. The van der Waals surface area contributed by atoms with Crippen molar-refractivity contribution in [1.29, 1.82) is 0 Å². The Morgan fingerprint density at radius 3 is 2.50 bits per heavy atom. The molecule has 1 aromatic carbocycles. The van der Waals surface area contributed by atoms with Crippen molar-refractivity contribution in [2.45, 2.75) is 43.7 Å². The molecule has 122 valence electrons. The minimum atomic E-state index is -3.73. The highest BCUT2D eigenvalue weighted by Crippen LogP contribution is 2.19. The van der Waals surface area contributed by atoms with E-state index in [1.165, 1.54) is 18.2 Å². The summed E-state index contributed by atoms with van der Waals surface area (Å²) in [7, 11) is -3.73. The van der Waals surface area contributed by atoms with Crippen molar-refractivity contribution in [1.82, 2.24) is 9.62 Å². The van der Waals surface area contributed by atoms with Crippen LogP contribution in [0.3, 0.4) is 0 Å². The number of non-ortho nitro benzene ring substituents is 1. The summed E-state index contributed by atoms with van der Waals surface area (Å²) < 4.78 is 27.3. The van der Waals surface area contributed by atoms with E-state index in [1.54, 1.807) is 0 Å². The van der Waals surface area contributed by atoms with Gasteiger partial charge in [0.05, 0.1) is 9.82 Å². The average molecular weight is 327 g/mol. The van der Waals surface area contributed by atoms with E-state index < -0.39 is 14.9 Å². The zero-order valence-corrected chi connectivity index (χ0v) is 13.5. The zero-order valence-electron chi connectivity index (χ0n) is 12.7. The first-order chi connectivity index (χ1) is 10.3. The van der Waals surface area contributed by atoms with E-state index in [-0.39, 0.29) is 16.6 Å². The molecule has 1 aliphatic rings. The fraction of sp³-hybridized carbons (Fsp3) is 0.571. The van der Waals surface area contributed by atoms with Gasteiger partial charge in [0.25, 0.3) is 5.69 Å². The highest BCUT2D eigenvalue weighted by Gasteiger charge is 2.26. The summed E-state index contributed by atoms with van der Waals surface area (Å²) in [5.41, 5.74) is -0.225. The number of nitrogens with one attached hydrogen (secondary N) is 1. The molecule has 1 aliphatic heterocycles. The second-order valence-electron chi connectivity index (χ2n) is 5.78. The molecule has 0 aromatic heterocycles. The van der Waals surface area contributed by atoms with Crippen LogP contribution in [-0.2, 0) is 10.0 Å². The van der Waals surface area contributed by atoms with Crippen molar-refractivity contribution in [3.05, 3.63) is 34.4 Å². The van der Waals surface area contributed by atoms with Crippen LogP contribution in [0.25, 0.3) is 0 Å². The Hall–Kier alpha value is -1.51. The van der Waals surface area contributed by atoms with Gasteiger partial charge in [0.1, 0.15) is 0 Å². The van der Waals surface area contributed by atoms with E-state index in [9.17, 15) is 18.5 Å². The first kappa shape index (κ1) is 16.9. The summed E-state index contributed by atoms with van der Waals surface area (Å²) >= 11 is 0. The number of piperidine rings is 1. The maximum absolute atomic E-state index is 12.3. The van der Waals surface area contributed by atoms with Crippen LogP contribution in [0.5, 0.6) is 0 Å². The normalized spacial score (nSPS) is 17.8. The van der Waals surface area contributed by atoms with Crippen molar-refractivity contribution >= 4 is 15.7 Å². The van der Waals surface area contributed by atoms with Gasteiger partial charge in [-0.15, -0.1) is 0 Å². The van der Waals surface area contributed by atoms with E-state index in [1.807, 2.05) is 0 Å². The van der Waals surface area contributed by atoms with Crippen LogP contribution in [0.4, 0.5) is 5.69 Å². The molecule has 0 unspecified atom stereocenters. The van der Waals surface area contributed by atoms with Gasteiger partial charge in [0.2, 0.25) is 10.0 Å². The van der Waals surface area contributed by atoms with E-state index in [0.29, 0.717) is 6.04 Å². The molecule has 1 fully saturated rings. The highest BCUT2D eigenvalue weighted by molar-refractivity contribution is 7.89. The van der Waals surface area contributed by atoms with E-state index in [2.05, 4.69) is 23.5 Å². The average Bonchev–Trinajstić information content (AvgIpc) is 2.47. The Bertz CT molecular complexity index is 637. The lowest BCUT2D eigenvalue weighted by Gasteiger charge is -2.34. The van der Waals surface area contributed by atoms with Gasteiger partial charge in [-0.2, -0.15) is 0 Å². The maximum atomic E-state index is 12.3. The summed E-state index contributed by atoms with van der Waals surface area (Å²) in [6, 6.07) is 5.45. The zero-order chi connectivity index (χ0) is 16.3. The van der Waals surface area contributed by atoms with Crippen LogP contribution < -0.4 is 4.72 Å². The number of nitrogens with zero attached hydrogens (tertiary/aromatic N) is 2. The first-order valence-corrected chi connectivity index (χ1v) is 8.79. The number of nitro groups is 1. The molecular weight excluding hydrogens is 306 g/mol. The molecule has 7 nitrogen and oxygen atoms in total. The number of likely N-dealkylation sites (tertiary alicyclic amines) is 1. The molecule has 1 heterocycles. The predicted octanol–water partition coefficient (Wildman–Crippen LogP) is 1.75. The van der Waals surface area contributed by atoms with Crippen molar-refractivity contribution in [3.8, 4) is 0 Å². The van der Waals surface area contributed by atoms with Crippen molar-refractivity contribution in [2.75, 3.05) is 13.1 Å². The number of benzene rings is 1. The van der Waals surface area contributed by atoms with Gasteiger partial charge < -0.3 is 4.90 Å². The number of sulfonamides is 1. The SMILES string of the molecule is CC(C)N1CCC(NS(=O)(=O)c2cccc([N+](=O)[O-])c2)CC1. The van der Waals surface area contributed by atoms with Gasteiger partial charge in [-0.3, -0.25) is 10.1 Å². The van der Waals surface area contributed by atoms with Crippen LogP contribution in [0, 0.1) is 10.1 Å². The molecule has 0 atom stereocenters. The second kappa shape index (κ2) is 6.72. The van der Waals surface area contributed by atoms with Gasteiger partial charge >= 0.3 is 0 Å². The molecule has 22 heavy (non-hydrogen) atoms. The lowest BCUT2D eigenvalue weighted by molar-refractivity contribution is -0.385. The molecule has 0 spiro atoms. The van der Waals surface area contributed by atoms with Gasteiger partial charge in [-0.1, -0.05) is 6.07 Å². The fourth-order valence-electron chi connectivity index (χ4n) is 2.59. The maximum Gasteiger partial charge on any atom is 0.270 e. The first-order valence-electron chi connectivity index (χ1n) is 7.30. The predicted molar refractivity (Wildman–Crippen MR) is 83.1 cm³/mol. The molecule has 0 bridgehead atoms. The van der Waals surface area contributed by atoms with Crippen molar-refractivity contribution in [3.63, 3.8) is 0 Å².